The summed E-state index contributed by atoms with van der Waals surface area (Å²) in [4.78, 5) is 24.5. The van der Waals surface area contributed by atoms with Crippen LogP contribution in [0.1, 0.15) is 18.1 Å². The zero-order valence-electron chi connectivity index (χ0n) is 9.98. The third-order valence-electron chi connectivity index (χ3n) is 2.17. The minimum atomic E-state index is -0.587. The van der Waals surface area contributed by atoms with Gasteiger partial charge in [-0.3, -0.25) is 14.9 Å². The zero-order chi connectivity index (χ0) is 13.7. The second-order valence-electron chi connectivity index (χ2n) is 3.50. The van der Waals surface area contributed by atoms with Crippen molar-refractivity contribution < 1.29 is 9.72 Å². The molecule has 0 saturated carbocycles. The summed E-state index contributed by atoms with van der Waals surface area (Å²) in [6, 6.07) is 0. The van der Waals surface area contributed by atoms with Crippen LogP contribution >= 0.6 is 0 Å². The highest BCUT2D eigenvalue weighted by Gasteiger charge is 2.18. The normalized spacial score (nSPS) is 9.22. The summed E-state index contributed by atoms with van der Waals surface area (Å²) in [6.07, 6.45) is 1.37. The lowest BCUT2D eigenvalue weighted by Crippen LogP contribution is -2.19. The molecule has 18 heavy (non-hydrogen) atoms. The molecule has 7 nitrogen and oxygen atoms in total. The Labute approximate surface area is 104 Å². The number of nitrogen functional groups attached to an aromatic ring is 1. The highest BCUT2D eigenvalue weighted by atomic mass is 16.6. The highest BCUT2D eigenvalue weighted by molar-refractivity contribution is 5.73. The van der Waals surface area contributed by atoms with Crippen molar-refractivity contribution in [3.8, 4) is 11.8 Å². The van der Waals surface area contributed by atoms with Crippen LogP contribution in [0.15, 0.2) is 6.20 Å². The first kappa shape index (κ1) is 13.4. The number of rotatable bonds is 2. The second-order valence-corrected chi connectivity index (χ2v) is 3.50. The van der Waals surface area contributed by atoms with E-state index in [1.807, 2.05) is 0 Å². The number of hydrogen-bond donors (Lipinski definition) is 2. The Morgan fingerprint density at radius 3 is 2.89 bits per heavy atom. The molecule has 0 spiro atoms. The summed E-state index contributed by atoms with van der Waals surface area (Å²) in [5.41, 5.74) is 5.97. The van der Waals surface area contributed by atoms with Crippen molar-refractivity contribution in [1.82, 2.24) is 10.3 Å². The molecule has 0 bridgehead atoms. The molecule has 0 aliphatic heterocycles. The number of anilines is 1. The Hall–Kier alpha value is -2.62. The molecule has 0 aromatic carbocycles. The predicted octanol–water partition coefficient (Wildman–Crippen LogP) is 0.368. The third kappa shape index (κ3) is 3.18. The van der Waals surface area contributed by atoms with Crippen molar-refractivity contribution >= 4 is 17.4 Å². The van der Waals surface area contributed by atoms with Gasteiger partial charge in [-0.25, -0.2) is 4.98 Å². The van der Waals surface area contributed by atoms with Gasteiger partial charge in [0.2, 0.25) is 11.7 Å². The van der Waals surface area contributed by atoms with Crippen molar-refractivity contribution in [3.05, 3.63) is 27.4 Å². The van der Waals surface area contributed by atoms with E-state index < -0.39 is 4.92 Å². The summed E-state index contributed by atoms with van der Waals surface area (Å²) in [5, 5.41) is 13.3. The number of amides is 1. The molecule has 0 radical (unpaired) electrons. The van der Waals surface area contributed by atoms with Crippen LogP contribution in [0, 0.1) is 28.9 Å². The van der Waals surface area contributed by atoms with Gasteiger partial charge in [-0.15, -0.1) is 0 Å². The summed E-state index contributed by atoms with van der Waals surface area (Å²) >= 11 is 0. The van der Waals surface area contributed by atoms with E-state index in [-0.39, 0.29) is 24.0 Å². The SMILES string of the molecule is CC(=O)NCC#Cc1cnc(N)c([N+](=O)[O-])c1C. The van der Waals surface area contributed by atoms with Crippen molar-refractivity contribution in [2.24, 2.45) is 0 Å². The molecular weight excluding hydrogens is 236 g/mol. The monoisotopic (exact) mass is 248 g/mol. The average Bonchev–Trinajstić information content (AvgIpc) is 2.26. The van der Waals surface area contributed by atoms with Gasteiger partial charge < -0.3 is 11.1 Å². The molecule has 1 rings (SSSR count). The number of hydrogen-bond acceptors (Lipinski definition) is 5. The van der Waals surface area contributed by atoms with Crippen LogP contribution in [0.2, 0.25) is 0 Å². The first-order valence-corrected chi connectivity index (χ1v) is 5.06. The van der Waals surface area contributed by atoms with Gasteiger partial charge in [0, 0.05) is 18.7 Å². The maximum absolute atomic E-state index is 10.8. The molecule has 0 atom stereocenters. The molecule has 0 saturated heterocycles. The fourth-order valence-electron chi connectivity index (χ4n) is 1.28. The lowest BCUT2D eigenvalue weighted by molar-refractivity contribution is -0.384. The van der Waals surface area contributed by atoms with Gasteiger partial charge in [0.25, 0.3) is 0 Å². The van der Waals surface area contributed by atoms with Gasteiger partial charge in [0.15, 0.2) is 0 Å². The molecule has 1 aromatic rings. The quantitative estimate of drug-likeness (QED) is 0.446. The van der Waals surface area contributed by atoms with E-state index in [1.54, 1.807) is 6.92 Å². The fraction of sp³-hybridized carbons (Fsp3) is 0.273. The fourth-order valence-corrected chi connectivity index (χ4v) is 1.28. The second kappa shape index (κ2) is 5.63. The van der Waals surface area contributed by atoms with E-state index in [0.29, 0.717) is 11.1 Å². The van der Waals surface area contributed by atoms with Gasteiger partial charge >= 0.3 is 5.69 Å². The van der Waals surface area contributed by atoms with Gasteiger partial charge in [-0.2, -0.15) is 0 Å². The number of carbonyl (C=O) groups is 1. The molecule has 0 unspecified atom stereocenters. The minimum absolute atomic E-state index is 0.134. The van der Waals surface area contributed by atoms with E-state index in [0.717, 1.165) is 0 Å². The first-order valence-electron chi connectivity index (χ1n) is 5.06. The first-order chi connectivity index (χ1) is 8.43. The number of nitrogens with two attached hydrogens (primary N) is 1. The molecule has 7 heteroatoms. The molecule has 94 valence electrons. The molecule has 0 fully saturated rings. The minimum Gasteiger partial charge on any atom is -0.378 e. The van der Waals surface area contributed by atoms with Crippen molar-refractivity contribution in [2.75, 3.05) is 12.3 Å². The summed E-state index contributed by atoms with van der Waals surface area (Å²) < 4.78 is 0. The number of aromatic nitrogens is 1. The maximum atomic E-state index is 10.8. The van der Waals surface area contributed by atoms with Gasteiger partial charge in [-0.05, 0) is 6.92 Å². The molecular formula is C11H12N4O3. The van der Waals surface area contributed by atoms with Crippen molar-refractivity contribution in [1.29, 1.82) is 0 Å². The van der Waals surface area contributed by atoms with Gasteiger partial charge in [0.1, 0.15) is 0 Å². The lowest BCUT2D eigenvalue weighted by Gasteiger charge is -2.01. The third-order valence-corrected chi connectivity index (χ3v) is 2.17. The Kier molecular flexibility index (Phi) is 4.21. The topological polar surface area (TPSA) is 111 Å². The zero-order valence-corrected chi connectivity index (χ0v) is 9.98. The Bertz CT molecular complexity index is 557. The molecule has 3 N–H and O–H groups in total. The van der Waals surface area contributed by atoms with Gasteiger partial charge in [-0.1, -0.05) is 11.8 Å². The Balaban J connectivity index is 3.01. The smallest absolute Gasteiger partial charge is 0.315 e. The highest BCUT2D eigenvalue weighted by Crippen LogP contribution is 2.25. The number of pyridine rings is 1. The van der Waals surface area contributed by atoms with Crippen LogP contribution in [0.5, 0.6) is 0 Å². The molecule has 1 amide bonds. The van der Waals surface area contributed by atoms with E-state index >= 15 is 0 Å². The molecule has 0 aliphatic carbocycles. The van der Waals surface area contributed by atoms with E-state index in [4.69, 9.17) is 5.73 Å². The van der Waals surface area contributed by atoms with Crippen molar-refractivity contribution in [3.63, 3.8) is 0 Å². The van der Waals surface area contributed by atoms with Crippen molar-refractivity contribution in [2.45, 2.75) is 13.8 Å². The summed E-state index contributed by atoms with van der Waals surface area (Å²) in [7, 11) is 0. The average molecular weight is 248 g/mol. The number of nitrogens with zero attached hydrogens (tertiary/aromatic N) is 2. The Morgan fingerprint density at radius 1 is 1.67 bits per heavy atom. The molecule has 0 aliphatic rings. The standard InChI is InChI=1S/C11H12N4O3/c1-7-9(4-3-5-13-8(2)16)6-14-11(12)10(7)15(17)18/h6H,5H2,1-2H3,(H2,12,14)(H,13,16). The van der Waals surface area contributed by atoms with Crippen LogP contribution in [-0.4, -0.2) is 22.4 Å². The lowest BCUT2D eigenvalue weighted by atomic mass is 10.1. The van der Waals surface area contributed by atoms with E-state index in [2.05, 4.69) is 22.1 Å². The number of nitrogens with one attached hydrogen (secondary N) is 1. The maximum Gasteiger partial charge on any atom is 0.315 e. The van der Waals surface area contributed by atoms with E-state index in [1.165, 1.54) is 13.1 Å². The number of nitro groups is 1. The van der Waals surface area contributed by atoms with Crippen LogP contribution < -0.4 is 11.1 Å². The van der Waals surface area contributed by atoms with Crippen LogP contribution in [0.25, 0.3) is 0 Å². The Morgan fingerprint density at radius 2 is 2.33 bits per heavy atom. The van der Waals surface area contributed by atoms with Gasteiger partial charge in [0.05, 0.1) is 17.0 Å². The molecule has 1 heterocycles. The number of carbonyl (C=O) groups excluding carboxylic acids is 1. The van der Waals surface area contributed by atoms with E-state index in [9.17, 15) is 14.9 Å². The predicted molar refractivity (Wildman–Crippen MR) is 65.6 cm³/mol. The van der Waals surface area contributed by atoms with Crippen LogP contribution in [0.3, 0.4) is 0 Å². The largest absolute Gasteiger partial charge is 0.378 e. The summed E-state index contributed by atoms with van der Waals surface area (Å²) in [5.74, 6) is 5.05. The summed E-state index contributed by atoms with van der Waals surface area (Å²) in [6.45, 7) is 3.11. The molecule has 1 aromatic heterocycles. The van der Waals surface area contributed by atoms with Crippen LogP contribution in [0.4, 0.5) is 11.5 Å². The van der Waals surface area contributed by atoms with Crippen LogP contribution in [-0.2, 0) is 4.79 Å².